The molecule has 1 aromatic rings. The average Bonchev–Trinajstić information content (AvgIpc) is 2.53. The molecule has 116 valence electrons. The van der Waals surface area contributed by atoms with E-state index in [1.54, 1.807) is 12.1 Å². The van der Waals surface area contributed by atoms with Gasteiger partial charge >= 0.3 is 0 Å². The minimum atomic E-state index is 0.663. The number of rotatable bonds is 12. The van der Waals surface area contributed by atoms with Crippen LogP contribution in [0.3, 0.4) is 0 Å². The summed E-state index contributed by atoms with van der Waals surface area (Å²) in [6.45, 7) is 3.02. The van der Waals surface area contributed by atoms with Crippen LogP contribution in [-0.4, -0.2) is 6.61 Å². The van der Waals surface area contributed by atoms with Crippen LogP contribution in [0.4, 0.5) is 0 Å². The molecule has 0 atom stereocenters. The molecule has 0 saturated heterocycles. The highest BCUT2D eigenvalue weighted by Crippen LogP contribution is 2.14. The molecule has 0 aromatic heterocycles. The number of nitrogens with zero attached hydrogens (tertiary/aromatic N) is 1. The van der Waals surface area contributed by atoms with Gasteiger partial charge in [-0.05, 0) is 24.6 Å². The van der Waals surface area contributed by atoms with Gasteiger partial charge in [-0.1, -0.05) is 70.8 Å². The highest BCUT2D eigenvalue weighted by Gasteiger charge is 1.96. The first kappa shape index (κ1) is 17.6. The SMILES string of the molecule is CCCCCCCCCCCCOc1cccc(C#N)c1. The molecular weight excluding hydrogens is 258 g/mol. The fourth-order valence-corrected chi connectivity index (χ4v) is 2.43. The van der Waals surface area contributed by atoms with E-state index in [4.69, 9.17) is 10.00 Å². The van der Waals surface area contributed by atoms with Gasteiger partial charge in [0.2, 0.25) is 0 Å². The Balaban J connectivity index is 1.92. The highest BCUT2D eigenvalue weighted by atomic mass is 16.5. The molecule has 0 spiro atoms. The largest absolute Gasteiger partial charge is 0.494 e. The van der Waals surface area contributed by atoms with Gasteiger partial charge in [-0.3, -0.25) is 0 Å². The van der Waals surface area contributed by atoms with Gasteiger partial charge in [0.1, 0.15) is 5.75 Å². The molecule has 21 heavy (non-hydrogen) atoms. The molecular formula is C19H29NO. The molecule has 0 aliphatic carbocycles. The van der Waals surface area contributed by atoms with Crippen molar-refractivity contribution in [2.24, 2.45) is 0 Å². The Labute approximate surface area is 130 Å². The van der Waals surface area contributed by atoms with Crippen LogP contribution in [0.15, 0.2) is 24.3 Å². The summed E-state index contributed by atoms with van der Waals surface area (Å²) in [5.41, 5.74) is 0.663. The van der Waals surface area contributed by atoms with Crippen LogP contribution < -0.4 is 4.74 Å². The van der Waals surface area contributed by atoms with E-state index in [9.17, 15) is 0 Å². The monoisotopic (exact) mass is 287 g/mol. The predicted molar refractivity (Wildman–Crippen MR) is 88.5 cm³/mol. The van der Waals surface area contributed by atoms with Gasteiger partial charge in [0.25, 0.3) is 0 Å². The molecule has 0 amide bonds. The lowest BCUT2D eigenvalue weighted by Crippen LogP contribution is -1.97. The Morgan fingerprint density at radius 3 is 2.14 bits per heavy atom. The van der Waals surface area contributed by atoms with Crippen LogP contribution in [-0.2, 0) is 0 Å². The number of ether oxygens (including phenoxy) is 1. The second-order valence-corrected chi connectivity index (χ2v) is 5.67. The van der Waals surface area contributed by atoms with Crippen molar-refractivity contribution in [1.29, 1.82) is 5.26 Å². The van der Waals surface area contributed by atoms with Gasteiger partial charge in [-0.15, -0.1) is 0 Å². The minimum Gasteiger partial charge on any atom is -0.494 e. The van der Waals surface area contributed by atoms with Crippen molar-refractivity contribution in [2.45, 2.75) is 71.1 Å². The lowest BCUT2D eigenvalue weighted by Gasteiger charge is -2.06. The van der Waals surface area contributed by atoms with Gasteiger partial charge < -0.3 is 4.74 Å². The molecule has 0 unspecified atom stereocenters. The Kier molecular flexibility index (Phi) is 10.3. The molecule has 2 heteroatoms. The summed E-state index contributed by atoms with van der Waals surface area (Å²) in [6, 6.07) is 9.51. The summed E-state index contributed by atoms with van der Waals surface area (Å²) in [4.78, 5) is 0. The average molecular weight is 287 g/mol. The van der Waals surface area contributed by atoms with Gasteiger partial charge in [0.05, 0.1) is 18.2 Å². The van der Waals surface area contributed by atoms with Crippen molar-refractivity contribution in [1.82, 2.24) is 0 Å². The molecule has 0 heterocycles. The maximum Gasteiger partial charge on any atom is 0.120 e. The van der Waals surface area contributed by atoms with E-state index >= 15 is 0 Å². The molecule has 0 fully saturated rings. The molecule has 1 aromatic carbocycles. The third-order valence-electron chi connectivity index (χ3n) is 3.73. The van der Waals surface area contributed by atoms with E-state index < -0.39 is 0 Å². The van der Waals surface area contributed by atoms with Crippen LogP contribution in [0.1, 0.15) is 76.7 Å². The molecule has 1 rings (SSSR count). The number of unbranched alkanes of at least 4 members (excludes halogenated alkanes) is 9. The van der Waals surface area contributed by atoms with Crippen LogP contribution >= 0.6 is 0 Å². The Morgan fingerprint density at radius 1 is 0.905 bits per heavy atom. The molecule has 0 radical (unpaired) electrons. The van der Waals surface area contributed by atoms with Crippen LogP contribution in [0.5, 0.6) is 5.75 Å². The van der Waals surface area contributed by atoms with E-state index in [2.05, 4.69) is 13.0 Å². The molecule has 0 saturated carbocycles. The maximum atomic E-state index is 8.82. The van der Waals surface area contributed by atoms with Gasteiger partial charge in [0.15, 0.2) is 0 Å². The van der Waals surface area contributed by atoms with Gasteiger partial charge in [-0.25, -0.2) is 0 Å². The van der Waals surface area contributed by atoms with Crippen LogP contribution in [0.2, 0.25) is 0 Å². The summed E-state index contributed by atoms with van der Waals surface area (Å²) >= 11 is 0. The first-order valence-electron chi connectivity index (χ1n) is 8.49. The van der Waals surface area contributed by atoms with Crippen molar-refractivity contribution in [3.63, 3.8) is 0 Å². The zero-order valence-corrected chi connectivity index (χ0v) is 13.4. The maximum absolute atomic E-state index is 8.82. The van der Waals surface area contributed by atoms with E-state index in [-0.39, 0.29) is 0 Å². The van der Waals surface area contributed by atoms with Crippen molar-refractivity contribution in [3.8, 4) is 11.8 Å². The van der Waals surface area contributed by atoms with E-state index in [0.29, 0.717) is 5.56 Å². The third kappa shape index (κ3) is 9.13. The van der Waals surface area contributed by atoms with Crippen molar-refractivity contribution in [2.75, 3.05) is 6.61 Å². The van der Waals surface area contributed by atoms with E-state index in [0.717, 1.165) is 18.8 Å². The summed E-state index contributed by atoms with van der Waals surface area (Å²) in [6.07, 6.45) is 13.3. The number of hydrogen-bond donors (Lipinski definition) is 0. The Hall–Kier alpha value is -1.49. The van der Waals surface area contributed by atoms with E-state index in [1.165, 1.54) is 57.8 Å². The van der Waals surface area contributed by atoms with Crippen molar-refractivity contribution < 1.29 is 4.74 Å². The van der Waals surface area contributed by atoms with Crippen molar-refractivity contribution >= 4 is 0 Å². The fourth-order valence-electron chi connectivity index (χ4n) is 2.43. The molecule has 0 aliphatic rings. The molecule has 0 aliphatic heterocycles. The molecule has 2 nitrogen and oxygen atoms in total. The molecule has 0 N–H and O–H groups in total. The summed E-state index contributed by atoms with van der Waals surface area (Å²) in [7, 11) is 0. The normalized spacial score (nSPS) is 10.3. The molecule has 0 bridgehead atoms. The smallest absolute Gasteiger partial charge is 0.120 e. The fraction of sp³-hybridized carbons (Fsp3) is 0.632. The highest BCUT2D eigenvalue weighted by molar-refractivity contribution is 5.36. The van der Waals surface area contributed by atoms with Gasteiger partial charge in [-0.2, -0.15) is 5.26 Å². The Morgan fingerprint density at radius 2 is 1.52 bits per heavy atom. The first-order valence-corrected chi connectivity index (χ1v) is 8.49. The number of nitriles is 1. The van der Waals surface area contributed by atoms with E-state index in [1.807, 2.05) is 12.1 Å². The minimum absolute atomic E-state index is 0.663. The quantitative estimate of drug-likeness (QED) is 0.451. The van der Waals surface area contributed by atoms with Crippen LogP contribution in [0, 0.1) is 11.3 Å². The van der Waals surface area contributed by atoms with Gasteiger partial charge in [0, 0.05) is 0 Å². The second kappa shape index (κ2) is 12.3. The van der Waals surface area contributed by atoms with Crippen LogP contribution in [0.25, 0.3) is 0 Å². The number of hydrogen-bond acceptors (Lipinski definition) is 2. The summed E-state index contributed by atoms with van der Waals surface area (Å²) in [5.74, 6) is 0.810. The summed E-state index contributed by atoms with van der Waals surface area (Å²) < 4.78 is 5.67. The third-order valence-corrected chi connectivity index (χ3v) is 3.73. The second-order valence-electron chi connectivity index (χ2n) is 5.67. The summed E-state index contributed by atoms with van der Waals surface area (Å²) in [5, 5.41) is 8.82. The zero-order chi connectivity index (χ0) is 15.2. The first-order chi connectivity index (χ1) is 10.4. The lowest BCUT2D eigenvalue weighted by molar-refractivity contribution is 0.304. The predicted octanol–water partition coefficient (Wildman–Crippen LogP) is 5.86. The standard InChI is InChI=1S/C19H29NO/c1-2-3-4-5-6-7-8-9-10-11-15-21-19-14-12-13-18(16-19)17-20/h12-14,16H,2-11,15H2,1H3. The zero-order valence-electron chi connectivity index (χ0n) is 13.4. The number of benzene rings is 1. The van der Waals surface area contributed by atoms with Crippen molar-refractivity contribution in [3.05, 3.63) is 29.8 Å². The lowest BCUT2D eigenvalue weighted by atomic mass is 10.1. The Bertz CT molecular complexity index is 408. The topological polar surface area (TPSA) is 33.0 Å².